The summed E-state index contributed by atoms with van der Waals surface area (Å²) in [6.45, 7) is 4.11. The summed E-state index contributed by atoms with van der Waals surface area (Å²) in [5, 5.41) is 3.16. The van der Waals surface area contributed by atoms with E-state index >= 15 is 0 Å². The van der Waals surface area contributed by atoms with E-state index in [1.165, 1.54) is 6.07 Å². The maximum Gasteiger partial charge on any atom is 0.416 e. The van der Waals surface area contributed by atoms with Gasteiger partial charge in [-0.1, -0.05) is 62.4 Å². The highest BCUT2D eigenvalue weighted by Gasteiger charge is 2.44. The standard InChI is InChI=1S/C26H27F3N2O/c1-24(2)13-14-30-22(17-24)25(31-23(32)19-11-12-19,16-18-7-4-3-5-8-18)20-9-6-10-21(15-20)26(27,28)29/h3-10,14-15,17,19H,11-13,16H2,1-2H3,(H,31,32). The Kier molecular flexibility index (Phi) is 5.74. The summed E-state index contributed by atoms with van der Waals surface area (Å²) < 4.78 is 40.9. The molecular weight excluding hydrogens is 413 g/mol. The maximum atomic E-state index is 13.6. The highest BCUT2D eigenvalue weighted by molar-refractivity contribution is 5.82. The van der Waals surface area contributed by atoms with Crippen molar-refractivity contribution in [2.75, 3.05) is 0 Å². The highest BCUT2D eigenvalue weighted by Crippen LogP contribution is 2.42. The minimum Gasteiger partial charge on any atom is -0.340 e. The van der Waals surface area contributed by atoms with Gasteiger partial charge in [-0.05, 0) is 47.9 Å². The zero-order valence-electron chi connectivity index (χ0n) is 18.2. The molecule has 2 aromatic rings. The molecule has 0 bridgehead atoms. The van der Waals surface area contributed by atoms with Gasteiger partial charge in [-0.3, -0.25) is 9.79 Å². The number of aliphatic imine (C=N–C) groups is 1. The predicted octanol–water partition coefficient (Wildman–Crippen LogP) is 6.05. The lowest BCUT2D eigenvalue weighted by Crippen LogP contribution is -2.50. The molecule has 2 aromatic carbocycles. The van der Waals surface area contributed by atoms with Crippen molar-refractivity contribution >= 4 is 12.1 Å². The summed E-state index contributed by atoms with van der Waals surface area (Å²) in [4.78, 5) is 17.7. The van der Waals surface area contributed by atoms with E-state index in [2.05, 4.69) is 24.2 Å². The number of alkyl halides is 3. The van der Waals surface area contributed by atoms with Crippen molar-refractivity contribution < 1.29 is 18.0 Å². The molecule has 0 saturated heterocycles. The fourth-order valence-corrected chi connectivity index (χ4v) is 4.12. The average molecular weight is 441 g/mol. The Hall–Kier alpha value is -2.89. The van der Waals surface area contributed by atoms with Crippen LogP contribution in [0.5, 0.6) is 0 Å². The Morgan fingerprint density at radius 2 is 1.75 bits per heavy atom. The van der Waals surface area contributed by atoms with Crippen LogP contribution in [-0.4, -0.2) is 12.1 Å². The van der Waals surface area contributed by atoms with Gasteiger partial charge in [0.25, 0.3) is 0 Å². The fourth-order valence-electron chi connectivity index (χ4n) is 4.12. The van der Waals surface area contributed by atoms with Crippen LogP contribution in [0.15, 0.2) is 71.4 Å². The van der Waals surface area contributed by atoms with Crippen LogP contribution >= 0.6 is 0 Å². The second-order valence-corrected chi connectivity index (χ2v) is 9.44. The van der Waals surface area contributed by atoms with Crippen LogP contribution in [0.1, 0.15) is 49.8 Å². The van der Waals surface area contributed by atoms with Gasteiger partial charge < -0.3 is 5.32 Å². The van der Waals surface area contributed by atoms with Crippen LogP contribution in [0.25, 0.3) is 0 Å². The number of nitrogens with one attached hydrogen (secondary N) is 1. The molecule has 1 amide bonds. The van der Waals surface area contributed by atoms with Gasteiger partial charge in [-0.25, -0.2) is 0 Å². The molecule has 1 atom stereocenters. The molecule has 1 unspecified atom stereocenters. The number of hydrogen-bond acceptors (Lipinski definition) is 2. The number of nitrogens with zero attached hydrogens (tertiary/aromatic N) is 1. The second-order valence-electron chi connectivity index (χ2n) is 9.44. The number of carbonyl (C=O) groups is 1. The number of halogens is 3. The van der Waals surface area contributed by atoms with Crippen molar-refractivity contribution in [2.24, 2.45) is 16.3 Å². The van der Waals surface area contributed by atoms with E-state index < -0.39 is 17.3 Å². The first-order chi connectivity index (χ1) is 15.1. The lowest BCUT2D eigenvalue weighted by Gasteiger charge is -2.39. The number of carbonyl (C=O) groups excluding carboxylic acids is 1. The molecule has 3 nitrogen and oxygen atoms in total. The first-order valence-corrected chi connectivity index (χ1v) is 10.9. The van der Waals surface area contributed by atoms with Crippen molar-refractivity contribution in [3.05, 3.63) is 83.1 Å². The molecule has 1 heterocycles. The second kappa shape index (κ2) is 8.23. The van der Waals surface area contributed by atoms with E-state index in [-0.39, 0.29) is 17.2 Å². The Balaban J connectivity index is 1.92. The summed E-state index contributed by atoms with van der Waals surface area (Å²) in [5.74, 6) is -0.241. The molecule has 0 aromatic heterocycles. The number of allylic oxidation sites excluding steroid dienone is 1. The normalized spacial score (nSPS) is 19.7. The molecule has 1 N–H and O–H groups in total. The predicted molar refractivity (Wildman–Crippen MR) is 119 cm³/mol. The number of hydrogen-bond donors (Lipinski definition) is 1. The Morgan fingerprint density at radius 3 is 2.38 bits per heavy atom. The van der Waals surface area contributed by atoms with E-state index in [0.29, 0.717) is 17.7 Å². The maximum absolute atomic E-state index is 13.6. The number of benzene rings is 2. The molecular formula is C26H27F3N2O. The Bertz CT molecular complexity index is 1050. The van der Waals surface area contributed by atoms with Crippen molar-refractivity contribution in [3.63, 3.8) is 0 Å². The quantitative estimate of drug-likeness (QED) is 0.583. The van der Waals surface area contributed by atoms with Crippen molar-refractivity contribution in [2.45, 2.75) is 51.2 Å². The van der Waals surface area contributed by atoms with Crippen molar-refractivity contribution in [3.8, 4) is 0 Å². The van der Waals surface area contributed by atoms with Gasteiger partial charge in [0.1, 0.15) is 5.54 Å². The molecule has 0 spiro atoms. The average Bonchev–Trinajstić information content (AvgIpc) is 3.58. The molecule has 1 fully saturated rings. The van der Waals surface area contributed by atoms with E-state index in [1.807, 2.05) is 36.4 Å². The van der Waals surface area contributed by atoms with Crippen molar-refractivity contribution in [1.82, 2.24) is 5.32 Å². The van der Waals surface area contributed by atoms with Crippen LogP contribution in [0.2, 0.25) is 0 Å². The van der Waals surface area contributed by atoms with E-state index in [9.17, 15) is 18.0 Å². The third-order valence-corrected chi connectivity index (χ3v) is 6.09. The van der Waals surface area contributed by atoms with Gasteiger partial charge in [-0.15, -0.1) is 0 Å². The lowest BCUT2D eigenvalue weighted by molar-refractivity contribution is -0.137. The van der Waals surface area contributed by atoms with Gasteiger partial charge in [0.05, 0.1) is 11.3 Å². The third kappa shape index (κ3) is 4.79. The largest absolute Gasteiger partial charge is 0.416 e. The summed E-state index contributed by atoms with van der Waals surface area (Å²) in [6.07, 6.45) is 1.91. The number of rotatable bonds is 6. The Morgan fingerprint density at radius 1 is 1.06 bits per heavy atom. The zero-order chi connectivity index (χ0) is 23.0. The summed E-state index contributed by atoms with van der Waals surface area (Å²) in [6, 6.07) is 14.8. The van der Waals surface area contributed by atoms with Gasteiger partial charge in [0.15, 0.2) is 0 Å². The topological polar surface area (TPSA) is 41.5 Å². The monoisotopic (exact) mass is 440 g/mol. The third-order valence-electron chi connectivity index (χ3n) is 6.09. The SMILES string of the molecule is CC1(C)C=C(C(Cc2ccccc2)(NC(=O)C2CC2)c2cccc(C(F)(F)F)c2)N=CC1. The van der Waals surface area contributed by atoms with Crippen LogP contribution in [0, 0.1) is 11.3 Å². The van der Waals surface area contributed by atoms with Crippen LogP contribution in [0.4, 0.5) is 13.2 Å². The zero-order valence-corrected chi connectivity index (χ0v) is 18.2. The molecule has 1 saturated carbocycles. The molecule has 4 rings (SSSR count). The van der Waals surface area contributed by atoms with E-state index in [0.717, 1.165) is 37.0 Å². The Labute approximate surface area is 186 Å². The molecule has 1 aliphatic heterocycles. The summed E-state index contributed by atoms with van der Waals surface area (Å²) >= 11 is 0. The summed E-state index contributed by atoms with van der Waals surface area (Å²) in [5.41, 5.74) is -0.327. The fraction of sp³-hybridized carbons (Fsp3) is 0.385. The van der Waals surface area contributed by atoms with Crippen molar-refractivity contribution in [1.29, 1.82) is 0 Å². The molecule has 1 aliphatic carbocycles. The highest BCUT2D eigenvalue weighted by atomic mass is 19.4. The van der Waals surface area contributed by atoms with Gasteiger partial charge >= 0.3 is 6.18 Å². The van der Waals surface area contributed by atoms with Gasteiger partial charge in [0.2, 0.25) is 5.91 Å². The van der Waals surface area contributed by atoms with E-state index in [1.54, 1.807) is 12.3 Å². The minimum absolute atomic E-state index is 0.0999. The minimum atomic E-state index is -4.49. The van der Waals surface area contributed by atoms with Crippen LogP contribution in [-0.2, 0) is 22.9 Å². The molecule has 6 heteroatoms. The van der Waals surface area contributed by atoms with Gasteiger partial charge in [-0.2, -0.15) is 13.2 Å². The molecule has 168 valence electrons. The summed E-state index contributed by atoms with van der Waals surface area (Å²) in [7, 11) is 0. The molecule has 2 aliphatic rings. The lowest BCUT2D eigenvalue weighted by atomic mass is 9.76. The van der Waals surface area contributed by atoms with Crippen LogP contribution < -0.4 is 5.32 Å². The number of amides is 1. The van der Waals surface area contributed by atoms with E-state index in [4.69, 9.17) is 0 Å². The smallest absolute Gasteiger partial charge is 0.340 e. The first-order valence-electron chi connectivity index (χ1n) is 10.9. The molecule has 32 heavy (non-hydrogen) atoms. The van der Waals surface area contributed by atoms with Gasteiger partial charge in [0, 0.05) is 18.6 Å². The first kappa shape index (κ1) is 22.3. The van der Waals surface area contributed by atoms with Crippen LogP contribution in [0.3, 0.4) is 0 Å². The molecule has 0 radical (unpaired) electrons.